The number of aryl methyl sites for hydroxylation is 3. The molecule has 0 aliphatic carbocycles. The van der Waals surface area contributed by atoms with Crippen molar-refractivity contribution in [2.75, 3.05) is 5.43 Å². The third-order valence-electron chi connectivity index (χ3n) is 4.72. The molecular formula is C23H24N2O2. The highest BCUT2D eigenvalue weighted by Gasteiger charge is 2.40. The second kappa shape index (κ2) is 7.64. The van der Waals surface area contributed by atoms with Gasteiger partial charge in [0.05, 0.1) is 5.69 Å². The van der Waals surface area contributed by atoms with Gasteiger partial charge in [0.25, 0.3) is 5.91 Å². The lowest BCUT2D eigenvalue weighted by Crippen LogP contribution is -2.47. The van der Waals surface area contributed by atoms with Crippen molar-refractivity contribution in [2.45, 2.75) is 26.4 Å². The Kier molecular flexibility index (Phi) is 5.28. The molecule has 3 aromatic rings. The van der Waals surface area contributed by atoms with Crippen LogP contribution in [0.5, 0.6) is 0 Å². The van der Waals surface area contributed by atoms with Crippen molar-refractivity contribution in [1.82, 2.24) is 5.43 Å². The van der Waals surface area contributed by atoms with E-state index in [9.17, 15) is 9.90 Å². The molecule has 138 valence electrons. The fourth-order valence-corrected chi connectivity index (χ4v) is 2.95. The van der Waals surface area contributed by atoms with Crippen molar-refractivity contribution in [2.24, 2.45) is 0 Å². The smallest absolute Gasteiger partial charge is 0.279 e. The number of hydrazine groups is 1. The van der Waals surface area contributed by atoms with Crippen molar-refractivity contribution >= 4 is 11.6 Å². The van der Waals surface area contributed by atoms with Crippen LogP contribution in [0.4, 0.5) is 5.69 Å². The first-order valence-electron chi connectivity index (χ1n) is 8.90. The number of carbonyl (C=O) groups excluding carboxylic acids is 1. The normalized spacial score (nSPS) is 11.1. The standard InChI is InChI=1S/C23H24N2O2/c1-16-8-12-19(13-9-16)23(27,20-14-10-17(2)11-15-20)22(26)25-24-21-7-5-4-6-18(21)3/h4-15,24,27H,1-3H3,(H,25,26). The number of anilines is 1. The van der Waals surface area contributed by atoms with E-state index in [4.69, 9.17) is 0 Å². The maximum absolute atomic E-state index is 13.1. The molecule has 0 heterocycles. The molecule has 0 aromatic heterocycles. The van der Waals surface area contributed by atoms with E-state index in [1.54, 1.807) is 24.3 Å². The summed E-state index contributed by atoms with van der Waals surface area (Å²) in [7, 11) is 0. The zero-order valence-electron chi connectivity index (χ0n) is 15.8. The summed E-state index contributed by atoms with van der Waals surface area (Å²) in [5.41, 5.74) is 8.70. The van der Waals surface area contributed by atoms with Crippen LogP contribution in [0, 0.1) is 20.8 Å². The zero-order chi connectivity index (χ0) is 19.4. The van der Waals surface area contributed by atoms with E-state index in [0.29, 0.717) is 11.1 Å². The highest BCUT2D eigenvalue weighted by Crippen LogP contribution is 2.30. The molecule has 4 nitrogen and oxygen atoms in total. The molecule has 0 unspecified atom stereocenters. The summed E-state index contributed by atoms with van der Waals surface area (Å²) >= 11 is 0. The van der Waals surface area contributed by atoms with Gasteiger partial charge in [-0.3, -0.25) is 15.6 Å². The molecular weight excluding hydrogens is 336 g/mol. The average molecular weight is 360 g/mol. The number of rotatable bonds is 5. The van der Waals surface area contributed by atoms with Gasteiger partial charge in [-0.05, 0) is 43.5 Å². The summed E-state index contributed by atoms with van der Waals surface area (Å²) in [6, 6.07) is 22.3. The first-order chi connectivity index (χ1) is 12.9. The number of nitrogens with one attached hydrogen (secondary N) is 2. The third-order valence-corrected chi connectivity index (χ3v) is 4.72. The van der Waals surface area contributed by atoms with E-state index in [2.05, 4.69) is 10.9 Å². The van der Waals surface area contributed by atoms with Gasteiger partial charge in [0.15, 0.2) is 5.60 Å². The summed E-state index contributed by atoms with van der Waals surface area (Å²) in [6.45, 7) is 5.88. The van der Waals surface area contributed by atoms with Gasteiger partial charge in [-0.2, -0.15) is 0 Å². The Bertz CT molecular complexity index is 886. The van der Waals surface area contributed by atoms with Crippen LogP contribution in [0.2, 0.25) is 0 Å². The molecule has 0 saturated carbocycles. The second-order valence-corrected chi connectivity index (χ2v) is 6.84. The molecule has 3 aromatic carbocycles. The van der Waals surface area contributed by atoms with E-state index in [-0.39, 0.29) is 0 Å². The topological polar surface area (TPSA) is 61.4 Å². The predicted octanol–water partition coefficient (Wildman–Crippen LogP) is 3.99. The number of hydrogen-bond donors (Lipinski definition) is 3. The molecule has 27 heavy (non-hydrogen) atoms. The Morgan fingerprint density at radius 1 is 0.778 bits per heavy atom. The summed E-state index contributed by atoms with van der Waals surface area (Å²) in [4.78, 5) is 13.1. The summed E-state index contributed by atoms with van der Waals surface area (Å²) in [6.07, 6.45) is 0. The van der Waals surface area contributed by atoms with Gasteiger partial charge in [-0.15, -0.1) is 0 Å². The van der Waals surface area contributed by atoms with Crippen LogP contribution < -0.4 is 10.9 Å². The minimum absolute atomic E-state index is 0.515. The number of para-hydroxylation sites is 1. The van der Waals surface area contributed by atoms with Crippen molar-refractivity contribution in [3.8, 4) is 0 Å². The number of amides is 1. The number of aliphatic hydroxyl groups is 1. The molecule has 0 aliphatic heterocycles. The molecule has 0 radical (unpaired) electrons. The first kappa shape index (κ1) is 18.7. The lowest BCUT2D eigenvalue weighted by atomic mass is 9.85. The van der Waals surface area contributed by atoms with E-state index in [0.717, 1.165) is 22.4 Å². The highest BCUT2D eigenvalue weighted by atomic mass is 16.3. The van der Waals surface area contributed by atoms with Gasteiger partial charge in [0.2, 0.25) is 0 Å². The van der Waals surface area contributed by atoms with E-state index in [1.165, 1.54) is 0 Å². The fourth-order valence-electron chi connectivity index (χ4n) is 2.95. The van der Waals surface area contributed by atoms with Crippen LogP contribution in [-0.2, 0) is 10.4 Å². The maximum Gasteiger partial charge on any atom is 0.279 e. The molecule has 0 fully saturated rings. The van der Waals surface area contributed by atoms with Gasteiger partial charge in [0.1, 0.15) is 0 Å². The molecule has 0 saturated heterocycles. The molecule has 1 amide bonds. The van der Waals surface area contributed by atoms with Crippen molar-refractivity contribution in [1.29, 1.82) is 0 Å². The molecule has 3 rings (SSSR count). The molecule has 4 heteroatoms. The Labute approximate surface area is 159 Å². The Balaban J connectivity index is 1.96. The summed E-state index contributed by atoms with van der Waals surface area (Å²) in [5, 5.41) is 11.5. The predicted molar refractivity (Wildman–Crippen MR) is 108 cm³/mol. The monoisotopic (exact) mass is 360 g/mol. The van der Waals surface area contributed by atoms with Crippen LogP contribution in [0.1, 0.15) is 27.8 Å². The number of benzene rings is 3. The molecule has 0 spiro atoms. The minimum atomic E-state index is -1.81. The Morgan fingerprint density at radius 2 is 1.26 bits per heavy atom. The Hall–Kier alpha value is -3.11. The second-order valence-electron chi connectivity index (χ2n) is 6.84. The van der Waals surface area contributed by atoms with Gasteiger partial charge in [-0.25, -0.2) is 0 Å². The lowest BCUT2D eigenvalue weighted by Gasteiger charge is -2.28. The molecule has 3 N–H and O–H groups in total. The molecule has 0 aliphatic rings. The van der Waals surface area contributed by atoms with Gasteiger partial charge >= 0.3 is 0 Å². The van der Waals surface area contributed by atoms with Crippen LogP contribution in [0.3, 0.4) is 0 Å². The van der Waals surface area contributed by atoms with Crippen LogP contribution in [0.25, 0.3) is 0 Å². The van der Waals surface area contributed by atoms with Crippen LogP contribution >= 0.6 is 0 Å². The lowest BCUT2D eigenvalue weighted by molar-refractivity contribution is -0.136. The number of carbonyl (C=O) groups is 1. The van der Waals surface area contributed by atoms with Crippen molar-refractivity contribution in [3.05, 3.63) is 101 Å². The van der Waals surface area contributed by atoms with E-state index in [1.807, 2.05) is 69.3 Å². The largest absolute Gasteiger partial charge is 0.372 e. The zero-order valence-corrected chi connectivity index (χ0v) is 15.8. The SMILES string of the molecule is Cc1ccc(C(O)(C(=O)NNc2ccccc2C)c2ccc(C)cc2)cc1. The molecule has 0 atom stereocenters. The quantitative estimate of drug-likeness (QED) is 0.603. The van der Waals surface area contributed by atoms with Gasteiger partial charge in [-0.1, -0.05) is 77.9 Å². The first-order valence-corrected chi connectivity index (χ1v) is 8.90. The van der Waals surface area contributed by atoms with Crippen LogP contribution in [0.15, 0.2) is 72.8 Å². The summed E-state index contributed by atoms with van der Waals surface area (Å²) < 4.78 is 0. The fraction of sp³-hybridized carbons (Fsp3) is 0.174. The van der Waals surface area contributed by atoms with Crippen molar-refractivity contribution in [3.63, 3.8) is 0 Å². The number of hydrogen-bond acceptors (Lipinski definition) is 3. The van der Waals surface area contributed by atoms with E-state index < -0.39 is 11.5 Å². The van der Waals surface area contributed by atoms with E-state index >= 15 is 0 Å². The highest BCUT2D eigenvalue weighted by molar-refractivity contribution is 5.91. The minimum Gasteiger partial charge on any atom is -0.372 e. The third kappa shape index (κ3) is 3.86. The van der Waals surface area contributed by atoms with Crippen molar-refractivity contribution < 1.29 is 9.90 Å². The van der Waals surface area contributed by atoms with Gasteiger partial charge in [0, 0.05) is 0 Å². The average Bonchev–Trinajstić information content (AvgIpc) is 2.67. The van der Waals surface area contributed by atoms with Gasteiger partial charge < -0.3 is 5.11 Å². The maximum atomic E-state index is 13.1. The van der Waals surface area contributed by atoms with Crippen LogP contribution in [-0.4, -0.2) is 11.0 Å². The molecule has 0 bridgehead atoms. The Morgan fingerprint density at radius 3 is 1.74 bits per heavy atom. The summed E-state index contributed by atoms with van der Waals surface area (Å²) in [5.74, 6) is -0.543.